The lowest BCUT2D eigenvalue weighted by molar-refractivity contribution is 0.230. The van der Waals surface area contributed by atoms with Gasteiger partial charge in [0.2, 0.25) is 0 Å². The molecular weight excluding hydrogens is 226 g/mol. The van der Waals surface area contributed by atoms with E-state index in [2.05, 4.69) is 9.88 Å². The maximum Gasteiger partial charge on any atom is 0.141 e. The molecule has 1 saturated heterocycles. The Hall–Kier alpha value is -1.55. The van der Waals surface area contributed by atoms with Gasteiger partial charge in [-0.1, -0.05) is 6.42 Å². The zero-order valence-electron chi connectivity index (χ0n) is 10.5. The van der Waals surface area contributed by atoms with E-state index < -0.39 is 0 Å². The van der Waals surface area contributed by atoms with Crippen molar-refractivity contribution in [2.45, 2.75) is 25.7 Å². The van der Waals surface area contributed by atoms with Gasteiger partial charge in [0.05, 0.1) is 6.20 Å². The zero-order valence-corrected chi connectivity index (χ0v) is 10.5. The summed E-state index contributed by atoms with van der Waals surface area (Å²) in [4.78, 5) is 6.92. The summed E-state index contributed by atoms with van der Waals surface area (Å²) in [5.74, 6) is 1.33. The predicted molar refractivity (Wildman–Crippen MR) is 70.9 cm³/mol. The predicted octanol–water partition coefficient (Wildman–Crippen LogP) is 2.07. The number of likely N-dealkylation sites (tertiary alicyclic amines) is 1. The minimum absolute atomic E-state index is 0.300. The average molecular weight is 245 g/mol. The molecule has 3 heterocycles. The van der Waals surface area contributed by atoms with Gasteiger partial charge in [-0.05, 0) is 38.1 Å². The Kier molecular flexibility index (Phi) is 3.19. The number of hydrogen-bond acceptors (Lipinski definition) is 3. The fourth-order valence-electron chi connectivity index (χ4n) is 2.69. The summed E-state index contributed by atoms with van der Waals surface area (Å²) in [5, 5.41) is 9.73. The van der Waals surface area contributed by atoms with Gasteiger partial charge in [0.15, 0.2) is 0 Å². The molecule has 0 bridgehead atoms. The highest BCUT2D eigenvalue weighted by Crippen LogP contribution is 2.19. The molecule has 1 N–H and O–H groups in total. The number of rotatable bonds is 3. The first-order chi connectivity index (χ1) is 8.84. The largest absolute Gasteiger partial charge is 0.506 e. The lowest BCUT2D eigenvalue weighted by atomic mass is 10.1. The second-order valence-corrected chi connectivity index (χ2v) is 4.98. The minimum Gasteiger partial charge on any atom is -0.506 e. The first-order valence-corrected chi connectivity index (χ1v) is 6.71. The Morgan fingerprint density at radius 3 is 2.89 bits per heavy atom. The number of nitrogens with zero attached hydrogens (tertiary/aromatic N) is 3. The van der Waals surface area contributed by atoms with Crippen LogP contribution in [-0.4, -0.2) is 39.0 Å². The summed E-state index contributed by atoms with van der Waals surface area (Å²) >= 11 is 0. The number of fused-ring (bicyclic) bond motifs is 1. The Labute approximate surface area is 107 Å². The summed E-state index contributed by atoms with van der Waals surface area (Å²) in [7, 11) is 0. The SMILES string of the molecule is Oc1cccn2c(CCN3CCCCC3)ncc12. The molecule has 1 aliphatic heterocycles. The highest BCUT2D eigenvalue weighted by molar-refractivity contribution is 5.58. The Balaban J connectivity index is 1.72. The smallest absolute Gasteiger partial charge is 0.141 e. The third-order valence-corrected chi connectivity index (χ3v) is 3.73. The monoisotopic (exact) mass is 245 g/mol. The number of piperidine rings is 1. The van der Waals surface area contributed by atoms with E-state index in [1.807, 2.05) is 16.7 Å². The molecule has 0 aliphatic carbocycles. The van der Waals surface area contributed by atoms with E-state index >= 15 is 0 Å². The Bertz CT molecular complexity index is 529. The second kappa shape index (κ2) is 4.98. The quantitative estimate of drug-likeness (QED) is 0.900. The summed E-state index contributed by atoms with van der Waals surface area (Å²) < 4.78 is 1.99. The van der Waals surface area contributed by atoms with E-state index in [1.165, 1.54) is 32.4 Å². The van der Waals surface area contributed by atoms with Crippen LogP contribution in [0.2, 0.25) is 0 Å². The topological polar surface area (TPSA) is 40.8 Å². The van der Waals surface area contributed by atoms with Crippen LogP contribution in [0.3, 0.4) is 0 Å². The van der Waals surface area contributed by atoms with Crippen LogP contribution in [0.5, 0.6) is 5.75 Å². The van der Waals surface area contributed by atoms with Crippen molar-refractivity contribution in [2.24, 2.45) is 0 Å². The van der Waals surface area contributed by atoms with Crippen molar-refractivity contribution in [2.75, 3.05) is 19.6 Å². The molecule has 0 saturated carbocycles. The Morgan fingerprint density at radius 1 is 1.22 bits per heavy atom. The van der Waals surface area contributed by atoms with Gasteiger partial charge < -0.3 is 14.4 Å². The molecule has 3 rings (SSSR count). The number of hydrogen-bond donors (Lipinski definition) is 1. The molecular formula is C14H19N3O. The molecule has 0 atom stereocenters. The van der Waals surface area contributed by atoms with Crippen molar-refractivity contribution < 1.29 is 5.11 Å². The maximum absolute atomic E-state index is 9.73. The molecule has 0 radical (unpaired) electrons. The third-order valence-electron chi connectivity index (χ3n) is 3.73. The van der Waals surface area contributed by atoms with Crippen molar-refractivity contribution in [1.29, 1.82) is 0 Å². The fraction of sp³-hybridized carbons (Fsp3) is 0.500. The molecule has 0 amide bonds. The van der Waals surface area contributed by atoms with E-state index in [1.54, 1.807) is 12.3 Å². The van der Waals surface area contributed by atoms with Crippen molar-refractivity contribution >= 4 is 5.52 Å². The molecule has 0 aromatic carbocycles. The van der Waals surface area contributed by atoms with E-state index in [0.29, 0.717) is 5.75 Å². The van der Waals surface area contributed by atoms with Crippen LogP contribution in [-0.2, 0) is 6.42 Å². The van der Waals surface area contributed by atoms with Crippen LogP contribution in [0.15, 0.2) is 24.5 Å². The van der Waals surface area contributed by atoms with Crippen LogP contribution in [0.4, 0.5) is 0 Å². The highest BCUT2D eigenvalue weighted by atomic mass is 16.3. The Morgan fingerprint density at radius 2 is 2.06 bits per heavy atom. The van der Waals surface area contributed by atoms with E-state index in [9.17, 15) is 5.11 Å². The van der Waals surface area contributed by atoms with Gasteiger partial charge in [-0.15, -0.1) is 0 Å². The third kappa shape index (κ3) is 2.20. The van der Waals surface area contributed by atoms with E-state index in [0.717, 1.165) is 24.3 Å². The molecule has 1 aliphatic rings. The molecule has 96 valence electrons. The molecule has 4 heteroatoms. The van der Waals surface area contributed by atoms with Crippen LogP contribution in [0.1, 0.15) is 25.1 Å². The summed E-state index contributed by atoms with van der Waals surface area (Å²) in [6.07, 6.45) is 8.68. The van der Waals surface area contributed by atoms with E-state index in [-0.39, 0.29) is 0 Å². The summed E-state index contributed by atoms with van der Waals surface area (Å²) in [6.45, 7) is 3.50. The van der Waals surface area contributed by atoms with Gasteiger partial charge in [-0.2, -0.15) is 0 Å². The van der Waals surface area contributed by atoms with Gasteiger partial charge >= 0.3 is 0 Å². The molecule has 18 heavy (non-hydrogen) atoms. The normalized spacial score (nSPS) is 17.3. The molecule has 2 aromatic heterocycles. The van der Waals surface area contributed by atoms with Crippen LogP contribution >= 0.6 is 0 Å². The van der Waals surface area contributed by atoms with Gasteiger partial charge in [-0.3, -0.25) is 0 Å². The van der Waals surface area contributed by atoms with Crippen LogP contribution in [0.25, 0.3) is 5.52 Å². The van der Waals surface area contributed by atoms with Crippen molar-refractivity contribution in [3.8, 4) is 5.75 Å². The maximum atomic E-state index is 9.73. The number of imidazole rings is 1. The van der Waals surface area contributed by atoms with Gasteiger partial charge in [0.25, 0.3) is 0 Å². The number of pyridine rings is 1. The summed E-state index contributed by atoms with van der Waals surface area (Å²) in [6, 6.07) is 3.56. The standard InChI is InChI=1S/C14H19N3O/c18-13-5-4-9-17-12(13)11-15-14(17)6-10-16-7-2-1-3-8-16/h4-5,9,11,18H,1-3,6-8,10H2. The van der Waals surface area contributed by atoms with Gasteiger partial charge in [0, 0.05) is 19.2 Å². The first kappa shape index (κ1) is 11.5. The fourth-order valence-corrected chi connectivity index (χ4v) is 2.69. The number of aromatic nitrogens is 2. The minimum atomic E-state index is 0.300. The molecule has 1 fully saturated rings. The number of aromatic hydroxyl groups is 1. The van der Waals surface area contributed by atoms with Crippen LogP contribution < -0.4 is 0 Å². The van der Waals surface area contributed by atoms with E-state index in [4.69, 9.17) is 0 Å². The van der Waals surface area contributed by atoms with Crippen LogP contribution in [0, 0.1) is 0 Å². The van der Waals surface area contributed by atoms with Crippen molar-refractivity contribution in [3.05, 3.63) is 30.4 Å². The van der Waals surface area contributed by atoms with Gasteiger partial charge in [0.1, 0.15) is 17.1 Å². The molecule has 2 aromatic rings. The van der Waals surface area contributed by atoms with Crippen molar-refractivity contribution in [1.82, 2.24) is 14.3 Å². The van der Waals surface area contributed by atoms with Crippen molar-refractivity contribution in [3.63, 3.8) is 0 Å². The molecule has 4 nitrogen and oxygen atoms in total. The molecule has 0 spiro atoms. The zero-order chi connectivity index (χ0) is 12.4. The average Bonchev–Trinajstić information content (AvgIpc) is 2.82. The summed E-state index contributed by atoms with van der Waals surface area (Å²) in [5.41, 5.74) is 0.797. The lowest BCUT2D eigenvalue weighted by Crippen LogP contribution is -2.31. The highest BCUT2D eigenvalue weighted by Gasteiger charge is 2.12. The lowest BCUT2D eigenvalue weighted by Gasteiger charge is -2.25. The molecule has 0 unspecified atom stereocenters. The first-order valence-electron chi connectivity index (χ1n) is 6.71. The van der Waals surface area contributed by atoms with Gasteiger partial charge in [-0.25, -0.2) is 4.98 Å². The second-order valence-electron chi connectivity index (χ2n) is 4.98.